The molecule has 10 nitrogen and oxygen atoms in total. The molecule has 0 spiro atoms. The fraction of sp³-hybridized carbons (Fsp3) is 0.235. The molecule has 8 N–H and O–H groups in total. The summed E-state index contributed by atoms with van der Waals surface area (Å²) in [6, 6.07) is 1.17. The highest BCUT2D eigenvalue weighted by Gasteiger charge is 2.25. The molecule has 0 bridgehead atoms. The van der Waals surface area contributed by atoms with Gasteiger partial charge >= 0.3 is 11.6 Å². The van der Waals surface area contributed by atoms with Gasteiger partial charge in [0, 0.05) is 11.8 Å². The van der Waals surface area contributed by atoms with Gasteiger partial charge in [0.2, 0.25) is 0 Å². The van der Waals surface area contributed by atoms with Crippen LogP contribution >= 0.6 is 11.3 Å². The predicted molar refractivity (Wildman–Crippen MR) is 105 cm³/mol. The average molecular weight is 405 g/mol. The molecule has 148 valence electrons. The largest absolute Gasteiger partial charge is 0.462 e. The van der Waals surface area contributed by atoms with Crippen molar-refractivity contribution in [1.82, 2.24) is 10.9 Å². The number of nitrogens with two attached hydrogens (primary N) is 3. The van der Waals surface area contributed by atoms with Gasteiger partial charge in [-0.25, -0.2) is 9.59 Å². The molecule has 0 saturated carbocycles. The molecule has 0 atom stereocenters. The Morgan fingerprint density at radius 1 is 1.32 bits per heavy atom. The zero-order chi connectivity index (χ0) is 20.4. The lowest BCUT2D eigenvalue weighted by atomic mass is 10.1. The van der Waals surface area contributed by atoms with Crippen molar-refractivity contribution in [2.24, 2.45) is 0 Å². The minimum atomic E-state index is -0.685. The van der Waals surface area contributed by atoms with Gasteiger partial charge in [-0.05, 0) is 25.8 Å². The Bertz CT molecular complexity index is 1130. The third kappa shape index (κ3) is 3.51. The maximum absolute atomic E-state index is 12.5. The molecule has 1 aliphatic carbocycles. The van der Waals surface area contributed by atoms with Crippen LogP contribution in [0.4, 0.5) is 16.4 Å². The van der Waals surface area contributed by atoms with Crippen LogP contribution in [0, 0.1) is 0 Å². The number of carbonyl (C=O) groups is 2. The average Bonchev–Trinajstić information content (AvgIpc) is 2.93. The highest BCUT2D eigenvalue weighted by Crippen LogP contribution is 2.33. The normalized spacial score (nSPS) is 12.7. The molecule has 2 aromatic rings. The summed E-state index contributed by atoms with van der Waals surface area (Å²) in [5.74, 6) is -1.26. The summed E-state index contributed by atoms with van der Waals surface area (Å²) in [6.45, 7) is 1.81. The molecule has 1 aliphatic rings. The number of thiophene rings is 1. The number of fused-ring (bicyclic) bond motifs is 1. The van der Waals surface area contributed by atoms with Crippen molar-refractivity contribution in [3.05, 3.63) is 37.6 Å². The van der Waals surface area contributed by atoms with E-state index in [0.717, 1.165) is 11.3 Å². The SMILES string of the molecule is CCOC(=O)c1c(N)sc(C(=O)NNC2=c3c(N)cc(=O)oc3=CCC2)c1N. The maximum Gasteiger partial charge on any atom is 0.343 e. The number of hydrogen-bond donors (Lipinski definition) is 5. The monoisotopic (exact) mass is 405 g/mol. The number of hydrazine groups is 1. The third-order valence-corrected chi connectivity index (χ3v) is 5.06. The second kappa shape index (κ2) is 7.64. The first kappa shape index (κ1) is 19.3. The molecule has 3 rings (SSSR count). The van der Waals surface area contributed by atoms with Crippen LogP contribution < -0.4 is 44.3 Å². The summed E-state index contributed by atoms with van der Waals surface area (Å²) in [7, 11) is 0. The lowest BCUT2D eigenvalue weighted by molar-refractivity contribution is 0.0529. The standard InChI is InChI=1S/C17H19N5O5S/c1-2-26-17(25)12-13(19)14(28-15(12)20)16(24)22-21-8-4-3-5-9-11(8)7(18)6-10(23)27-9/h5-6,21H,2-4,18-20H2,1H3,(H,22,24). The van der Waals surface area contributed by atoms with Gasteiger partial charge in [0.25, 0.3) is 5.91 Å². The Kier molecular flexibility index (Phi) is 5.27. The van der Waals surface area contributed by atoms with Crippen LogP contribution in [0.1, 0.15) is 39.8 Å². The van der Waals surface area contributed by atoms with Gasteiger partial charge < -0.3 is 31.8 Å². The number of anilines is 3. The zero-order valence-electron chi connectivity index (χ0n) is 15.0. The van der Waals surface area contributed by atoms with Gasteiger partial charge in [-0.3, -0.25) is 10.2 Å². The maximum atomic E-state index is 12.5. The number of ether oxygens (including phenoxy) is 1. The summed E-state index contributed by atoms with van der Waals surface area (Å²) in [5, 5.41) is 0.606. The van der Waals surface area contributed by atoms with E-state index in [-0.39, 0.29) is 33.4 Å². The number of rotatable bonds is 5. The quantitative estimate of drug-likeness (QED) is 0.316. The summed E-state index contributed by atoms with van der Waals surface area (Å²) in [4.78, 5) is 36.0. The molecule has 0 saturated heterocycles. The fourth-order valence-corrected chi connectivity index (χ4v) is 3.70. The van der Waals surface area contributed by atoms with Crippen LogP contribution in [0.3, 0.4) is 0 Å². The molecule has 11 heteroatoms. The highest BCUT2D eigenvalue weighted by molar-refractivity contribution is 7.18. The summed E-state index contributed by atoms with van der Waals surface area (Å²) in [6.07, 6.45) is 2.89. The number of carbonyl (C=O) groups excluding carboxylic acids is 2. The van der Waals surface area contributed by atoms with Crippen molar-refractivity contribution in [1.29, 1.82) is 0 Å². The van der Waals surface area contributed by atoms with E-state index in [9.17, 15) is 14.4 Å². The molecule has 0 fully saturated rings. The van der Waals surface area contributed by atoms with Gasteiger partial charge in [-0.1, -0.05) is 0 Å². The Morgan fingerprint density at radius 2 is 2.07 bits per heavy atom. The lowest BCUT2D eigenvalue weighted by Gasteiger charge is -2.15. The van der Waals surface area contributed by atoms with Crippen LogP contribution in [0.2, 0.25) is 0 Å². The molecule has 28 heavy (non-hydrogen) atoms. The molecular formula is C17H19N5O5S. The van der Waals surface area contributed by atoms with Crippen molar-refractivity contribution in [2.45, 2.75) is 19.8 Å². The van der Waals surface area contributed by atoms with Gasteiger partial charge in [0.15, 0.2) is 0 Å². The van der Waals surface area contributed by atoms with Gasteiger partial charge in [0.1, 0.15) is 20.9 Å². The zero-order valence-corrected chi connectivity index (χ0v) is 15.8. The first-order valence-corrected chi connectivity index (χ1v) is 9.19. The minimum Gasteiger partial charge on any atom is -0.462 e. The van der Waals surface area contributed by atoms with Crippen molar-refractivity contribution in [2.75, 3.05) is 23.8 Å². The van der Waals surface area contributed by atoms with E-state index in [4.69, 9.17) is 26.4 Å². The van der Waals surface area contributed by atoms with Crippen molar-refractivity contribution in [3.8, 4) is 0 Å². The molecule has 2 aromatic heterocycles. The van der Waals surface area contributed by atoms with E-state index >= 15 is 0 Å². The van der Waals surface area contributed by atoms with Crippen molar-refractivity contribution >= 4 is 51.4 Å². The molecule has 0 unspecified atom stereocenters. The molecule has 0 radical (unpaired) electrons. The van der Waals surface area contributed by atoms with E-state index in [1.807, 2.05) is 0 Å². The molecule has 2 heterocycles. The second-order valence-corrected chi connectivity index (χ2v) is 6.92. The third-order valence-electron chi connectivity index (χ3n) is 4.03. The number of esters is 1. The van der Waals surface area contributed by atoms with E-state index in [1.54, 1.807) is 13.0 Å². The Balaban J connectivity index is 1.87. The molecular weight excluding hydrogens is 386 g/mol. The van der Waals surface area contributed by atoms with E-state index in [1.165, 1.54) is 6.07 Å². The number of hydrogen-bond acceptors (Lipinski definition) is 10. The van der Waals surface area contributed by atoms with Gasteiger partial charge in [0.05, 0.1) is 23.2 Å². The van der Waals surface area contributed by atoms with Crippen LogP contribution in [0.5, 0.6) is 0 Å². The van der Waals surface area contributed by atoms with Crippen LogP contribution in [0.15, 0.2) is 15.3 Å². The highest BCUT2D eigenvalue weighted by atomic mass is 32.1. The summed E-state index contributed by atoms with van der Waals surface area (Å²) >= 11 is 0.881. The van der Waals surface area contributed by atoms with E-state index < -0.39 is 17.5 Å². The summed E-state index contributed by atoms with van der Waals surface area (Å²) in [5.41, 5.74) is 23.5. The second-order valence-electron chi connectivity index (χ2n) is 5.87. The molecule has 0 aromatic carbocycles. The minimum absolute atomic E-state index is 0.0201. The first-order valence-electron chi connectivity index (χ1n) is 8.37. The van der Waals surface area contributed by atoms with Crippen LogP contribution in [-0.2, 0) is 4.74 Å². The topological polar surface area (TPSA) is 176 Å². The van der Waals surface area contributed by atoms with Crippen molar-refractivity contribution < 1.29 is 18.7 Å². The Hall–Kier alpha value is -3.47. The van der Waals surface area contributed by atoms with Gasteiger partial charge in [-0.15, -0.1) is 11.3 Å². The fourth-order valence-electron chi connectivity index (χ4n) is 2.83. The Morgan fingerprint density at radius 3 is 2.79 bits per heavy atom. The van der Waals surface area contributed by atoms with Gasteiger partial charge in [-0.2, -0.15) is 0 Å². The van der Waals surface area contributed by atoms with Crippen molar-refractivity contribution in [3.63, 3.8) is 0 Å². The number of amides is 1. The molecule has 1 amide bonds. The lowest BCUT2D eigenvalue weighted by Crippen LogP contribution is -2.44. The summed E-state index contributed by atoms with van der Waals surface area (Å²) < 4.78 is 10.0. The van der Waals surface area contributed by atoms with Crippen LogP contribution in [-0.4, -0.2) is 18.5 Å². The van der Waals surface area contributed by atoms with E-state index in [2.05, 4.69) is 10.9 Å². The van der Waals surface area contributed by atoms with Crippen LogP contribution in [0.25, 0.3) is 11.8 Å². The molecule has 0 aliphatic heterocycles. The smallest absolute Gasteiger partial charge is 0.343 e. The predicted octanol–water partition coefficient (Wildman–Crippen LogP) is -0.758. The number of nitrogen functional groups attached to an aromatic ring is 3. The first-order chi connectivity index (χ1) is 13.3. The van der Waals surface area contributed by atoms with E-state index in [0.29, 0.717) is 29.2 Å². The number of nitrogens with one attached hydrogen (secondary N) is 2. The Labute approximate surface area is 162 Å².